The van der Waals surface area contributed by atoms with E-state index in [1.807, 2.05) is 6.07 Å². The van der Waals surface area contributed by atoms with Crippen molar-refractivity contribution in [1.29, 1.82) is 0 Å². The first-order chi connectivity index (χ1) is 12.0. The standard InChI is InChI=1S/C18H16ClN3O3/c1-12(23)20-16(10-13-6-3-2-4-7-13)18(25)22-21-17(24)14-8-5-9-15(19)11-14/h2-11H,1H3,(H,20,23)(H,21,24)(H,22,25)/b16-10-. The molecule has 2 aromatic rings. The number of rotatable bonds is 4. The Bertz CT molecular complexity index is 819. The maximum atomic E-state index is 12.3. The third-order valence-corrected chi connectivity index (χ3v) is 3.28. The van der Waals surface area contributed by atoms with Crippen LogP contribution in [-0.2, 0) is 9.59 Å². The summed E-state index contributed by atoms with van der Waals surface area (Å²) in [6.07, 6.45) is 1.50. The maximum Gasteiger partial charge on any atom is 0.286 e. The molecule has 25 heavy (non-hydrogen) atoms. The van der Waals surface area contributed by atoms with Crippen molar-refractivity contribution in [3.63, 3.8) is 0 Å². The van der Waals surface area contributed by atoms with Gasteiger partial charge in [-0.25, -0.2) is 0 Å². The number of hydrogen-bond donors (Lipinski definition) is 3. The molecule has 0 bridgehead atoms. The molecule has 2 rings (SSSR count). The molecule has 6 nitrogen and oxygen atoms in total. The van der Waals surface area contributed by atoms with Crippen LogP contribution < -0.4 is 16.2 Å². The normalized spacial score (nSPS) is 10.7. The van der Waals surface area contributed by atoms with E-state index in [1.54, 1.807) is 42.5 Å². The number of carbonyl (C=O) groups is 3. The lowest BCUT2D eigenvalue weighted by atomic mass is 10.2. The molecule has 0 heterocycles. The smallest absolute Gasteiger partial charge is 0.286 e. The highest BCUT2D eigenvalue weighted by Gasteiger charge is 2.13. The van der Waals surface area contributed by atoms with Gasteiger partial charge < -0.3 is 5.32 Å². The lowest BCUT2D eigenvalue weighted by Crippen LogP contribution is -2.44. The maximum absolute atomic E-state index is 12.3. The summed E-state index contributed by atoms with van der Waals surface area (Å²) in [4.78, 5) is 35.6. The van der Waals surface area contributed by atoms with Crippen molar-refractivity contribution in [2.24, 2.45) is 0 Å². The quantitative estimate of drug-likeness (QED) is 0.579. The topological polar surface area (TPSA) is 87.3 Å². The van der Waals surface area contributed by atoms with Crippen LogP contribution in [0.3, 0.4) is 0 Å². The molecule has 7 heteroatoms. The van der Waals surface area contributed by atoms with Crippen molar-refractivity contribution >= 4 is 35.4 Å². The van der Waals surface area contributed by atoms with Gasteiger partial charge in [-0.15, -0.1) is 0 Å². The molecule has 0 aliphatic carbocycles. The van der Waals surface area contributed by atoms with E-state index >= 15 is 0 Å². The highest BCUT2D eigenvalue weighted by molar-refractivity contribution is 6.31. The van der Waals surface area contributed by atoms with Gasteiger partial charge in [0.2, 0.25) is 5.91 Å². The highest BCUT2D eigenvalue weighted by Crippen LogP contribution is 2.10. The molecule has 0 unspecified atom stereocenters. The first-order valence-corrected chi connectivity index (χ1v) is 7.74. The number of halogens is 1. The molecule has 0 atom stereocenters. The van der Waals surface area contributed by atoms with E-state index < -0.39 is 17.7 Å². The van der Waals surface area contributed by atoms with E-state index in [2.05, 4.69) is 16.2 Å². The molecule has 0 spiro atoms. The van der Waals surface area contributed by atoms with E-state index in [0.717, 1.165) is 5.56 Å². The minimum Gasteiger partial charge on any atom is -0.322 e. The number of hydrazine groups is 1. The van der Waals surface area contributed by atoms with E-state index in [9.17, 15) is 14.4 Å². The third kappa shape index (κ3) is 5.78. The molecule has 0 radical (unpaired) electrons. The molecule has 128 valence electrons. The zero-order valence-corrected chi connectivity index (χ0v) is 14.1. The van der Waals surface area contributed by atoms with Crippen LogP contribution in [0.25, 0.3) is 6.08 Å². The second kappa shape index (κ2) is 8.65. The Morgan fingerprint density at radius 2 is 1.68 bits per heavy atom. The summed E-state index contributed by atoms with van der Waals surface area (Å²) in [6, 6.07) is 15.3. The average molecular weight is 358 g/mol. The fourth-order valence-electron chi connectivity index (χ4n) is 1.95. The Morgan fingerprint density at radius 3 is 2.32 bits per heavy atom. The van der Waals surface area contributed by atoms with Crippen molar-refractivity contribution in [2.75, 3.05) is 0 Å². The summed E-state index contributed by atoms with van der Waals surface area (Å²) in [7, 11) is 0. The molecule has 0 aliphatic rings. The van der Waals surface area contributed by atoms with E-state index in [-0.39, 0.29) is 5.70 Å². The fourth-order valence-corrected chi connectivity index (χ4v) is 2.14. The molecule has 0 saturated carbocycles. The van der Waals surface area contributed by atoms with Gasteiger partial charge in [0.25, 0.3) is 11.8 Å². The predicted octanol–water partition coefficient (Wildman–Crippen LogP) is 2.28. The Kier molecular flexibility index (Phi) is 6.31. The van der Waals surface area contributed by atoms with Gasteiger partial charge in [-0.2, -0.15) is 0 Å². The average Bonchev–Trinajstić information content (AvgIpc) is 2.59. The molecule has 3 amide bonds. The zero-order valence-electron chi connectivity index (χ0n) is 13.4. The number of hydrogen-bond acceptors (Lipinski definition) is 3. The first-order valence-electron chi connectivity index (χ1n) is 7.36. The van der Waals surface area contributed by atoms with Crippen molar-refractivity contribution < 1.29 is 14.4 Å². The van der Waals surface area contributed by atoms with Gasteiger partial charge in [0.05, 0.1) is 0 Å². The number of nitrogens with one attached hydrogen (secondary N) is 3. The molecular weight excluding hydrogens is 342 g/mol. The van der Waals surface area contributed by atoms with Crippen molar-refractivity contribution in [1.82, 2.24) is 16.2 Å². The molecule has 0 fully saturated rings. The largest absolute Gasteiger partial charge is 0.322 e. The lowest BCUT2D eigenvalue weighted by molar-refractivity contribution is -0.122. The van der Waals surface area contributed by atoms with Crippen LogP contribution in [0.1, 0.15) is 22.8 Å². The lowest BCUT2D eigenvalue weighted by Gasteiger charge is -2.11. The SMILES string of the molecule is CC(=O)N/C(=C\c1ccccc1)C(=O)NNC(=O)c1cccc(Cl)c1. The third-order valence-electron chi connectivity index (χ3n) is 3.04. The Morgan fingerprint density at radius 1 is 0.960 bits per heavy atom. The van der Waals surface area contributed by atoms with Crippen LogP contribution >= 0.6 is 11.6 Å². The van der Waals surface area contributed by atoms with Crippen LogP contribution in [0.5, 0.6) is 0 Å². The summed E-state index contributed by atoms with van der Waals surface area (Å²) in [5.41, 5.74) is 5.56. The van der Waals surface area contributed by atoms with Crippen LogP contribution in [0, 0.1) is 0 Å². The fraction of sp³-hybridized carbons (Fsp3) is 0.0556. The minimum atomic E-state index is -0.658. The van der Waals surface area contributed by atoms with Crippen LogP contribution in [0.15, 0.2) is 60.3 Å². The van der Waals surface area contributed by atoms with Gasteiger partial charge in [-0.1, -0.05) is 48.0 Å². The van der Waals surface area contributed by atoms with Crippen molar-refractivity contribution in [2.45, 2.75) is 6.92 Å². The Balaban J connectivity index is 2.08. The van der Waals surface area contributed by atoms with E-state index in [0.29, 0.717) is 10.6 Å². The number of amides is 3. The van der Waals surface area contributed by atoms with Gasteiger partial charge in [0.1, 0.15) is 5.70 Å². The molecular formula is C18H16ClN3O3. The molecule has 0 aliphatic heterocycles. The summed E-state index contributed by atoms with van der Waals surface area (Å²) >= 11 is 5.83. The monoisotopic (exact) mass is 357 g/mol. The Hall–Kier alpha value is -3.12. The molecule has 0 saturated heterocycles. The molecule has 0 aromatic heterocycles. The van der Waals surface area contributed by atoms with Crippen molar-refractivity contribution in [3.05, 3.63) is 76.4 Å². The molecule has 2 aromatic carbocycles. The van der Waals surface area contributed by atoms with Gasteiger partial charge in [-0.3, -0.25) is 25.2 Å². The highest BCUT2D eigenvalue weighted by atomic mass is 35.5. The van der Waals surface area contributed by atoms with Gasteiger partial charge >= 0.3 is 0 Å². The van der Waals surface area contributed by atoms with Crippen LogP contribution in [0.2, 0.25) is 5.02 Å². The van der Waals surface area contributed by atoms with Crippen LogP contribution in [0.4, 0.5) is 0 Å². The first kappa shape index (κ1) is 18.2. The summed E-state index contributed by atoms with van der Waals surface area (Å²) < 4.78 is 0. The summed E-state index contributed by atoms with van der Waals surface area (Å²) in [5, 5.41) is 2.84. The number of benzene rings is 2. The predicted molar refractivity (Wildman–Crippen MR) is 95.3 cm³/mol. The van der Waals surface area contributed by atoms with Crippen molar-refractivity contribution in [3.8, 4) is 0 Å². The van der Waals surface area contributed by atoms with E-state index in [1.165, 1.54) is 19.1 Å². The van der Waals surface area contributed by atoms with Gasteiger partial charge in [0.15, 0.2) is 0 Å². The summed E-state index contributed by atoms with van der Waals surface area (Å²) in [5.74, 6) is -1.59. The van der Waals surface area contributed by atoms with E-state index in [4.69, 9.17) is 11.6 Å². The second-order valence-corrected chi connectivity index (χ2v) is 5.50. The van der Waals surface area contributed by atoms with Gasteiger partial charge in [0, 0.05) is 17.5 Å². The number of carbonyl (C=O) groups excluding carboxylic acids is 3. The second-order valence-electron chi connectivity index (χ2n) is 5.07. The summed E-state index contributed by atoms with van der Waals surface area (Å²) in [6.45, 7) is 1.29. The zero-order chi connectivity index (χ0) is 18.2. The Labute approximate surface area is 149 Å². The van der Waals surface area contributed by atoms with Gasteiger partial charge in [-0.05, 0) is 29.8 Å². The van der Waals surface area contributed by atoms with Crippen LogP contribution in [-0.4, -0.2) is 17.7 Å². The molecule has 3 N–H and O–H groups in total. The minimum absolute atomic E-state index is 0.00472.